The second kappa shape index (κ2) is 10.9. The van der Waals surface area contributed by atoms with Gasteiger partial charge in [0.1, 0.15) is 12.4 Å². The van der Waals surface area contributed by atoms with Crippen molar-refractivity contribution in [2.45, 2.75) is 13.0 Å². The topological polar surface area (TPSA) is 94.2 Å². The van der Waals surface area contributed by atoms with Gasteiger partial charge in [0, 0.05) is 40.6 Å². The van der Waals surface area contributed by atoms with Crippen molar-refractivity contribution >= 4 is 34.4 Å². The fraction of sp³-hybridized carbons (Fsp3) is 0.0690. The molecule has 0 unspecified atom stereocenters. The number of hydrogen-bond acceptors (Lipinski definition) is 7. The van der Waals surface area contributed by atoms with E-state index < -0.39 is 4.92 Å². The Morgan fingerprint density at radius 2 is 1.73 bits per heavy atom. The molecular weight excluding hydrogens is 488 g/mol. The molecular formula is C29H22N2O5S. The molecule has 1 aliphatic heterocycles. The zero-order valence-electron chi connectivity index (χ0n) is 19.6. The molecule has 0 radical (unpaired) electrons. The predicted octanol–water partition coefficient (Wildman–Crippen LogP) is 7.09. The van der Waals surface area contributed by atoms with E-state index in [0.29, 0.717) is 36.0 Å². The van der Waals surface area contributed by atoms with Crippen molar-refractivity contribution in [3.05, 3.63) is 140 Å². The Morgan fingerprint density at radius 1 is 0.973 bits per heavy atom. The maximum Gasteiger partial charge on any atom is 0.269 e. The van der Waals surface area contributed by atoms with Crippen molar-refractivity contribution in [1.29, 1.82) is 0 Å². The van der Waals surface area contributed by atoms with Crippen LogP contribution < -0.4 is 4.74 Å². The summed E-state index contributed by atoms with van der Waals surface area (Å²) in [6.07, 6.45) is 2.20. The van der Waals surface area contributed by atoms with E-state index in [4.69, 9.17) is 9.47 Å². The average molecular weight is 511 g/mol. The van der Waals surface area contributed by atoms with Gasteiger partial charge >= 0.3 is 0 Å². The lowest BCUT2D eigenvalue weighted by molar-refractivity contribution is -0.384. The maximum absolute atomic E-state index is 11.1. The monoisotopic (exact) mass is 510 g/mol. The van der Waals surface area contributed by atoms with Crippen LogP contribution in [0.5, 0.6) is 5.75 Å². The van der Waals surface area contributed by atoms with E-state index in [1.165, 1.54) is 12.1 Å². The van der Waals surface area contributed by atoms with E-state index in [1.807, 2.05) is 78.2 Å². The molecule has 0 spiro atoms. The quantitative estimate of drug-likeness (QED) is 0.155. The van der Waals surface area contributed by atoms with E-state index in [0.717, 1.165) is 27.1 Å². The van der Waals surface area contributed by atoms with Crippen molar-refractivity contribution in [3.63, 3.8) is 0 Å². The van der Waals surface area contributed by atoms with Crippen molar-refractivity contribution in [2.24, 2.45) is 5.16 Å². The number of nitro benzene ring substituents is 1. The molecule has 1 saturated heterocycles. The summed E-state index contributed by atoms with van der Waals surface area (Å²) in [5.41, 5.74) is 3.74. The highest BCUT2D eigenvalue weighted by Gasteiger charge is 2.34. The van der Waals surface area contributed by atoms with Gasteiger partial charge in [-0.25, -0.2) is 0 Å². The fourth-order valence-corrected chi connectivity index (χ4v) is 4.63. The molecule has 0 amide bonds. The number of allylic oxidation sites excluding steroid dienone is 1. The van der Waals surface area contributed by atoms with Crippen LogP contribution in [0.15, 0.2) is 113 Å². The first-order chi connectivity index (χ1) is 18.1. The fourth-order valence-electron chi connectivity index (χ4n) is 3.99. The number of benzene rings is 3. The second-order valence-electron chi connectivity index (χ2n) is 8.25. The molecule has 0 bridgehead atoms. The van der Waals surface area contributed by atoms with Gasteiger partial charge in [0.15, 0.2) is 17.2 Å². The van der Waals surface area contributed by atoms with Gasteiger partial charge in [-0.3, -0.25) is 10.1 Å². The molecule has 184 valence electrons. The minimum absolute atomic E-state index is 0.0169. The summed E-state index contributed by atoms with van der Waals surface area (Å²) in [5, 5.41) is 26.5. The molecule has 0 aliphatic carbocycles. The standard InChI is InChI=1S/C29H22N2O5S/c32-30-28-27(18-23-9-6-16-37-23)36-29(28)25(17-20-12-14-22(15-13-20)31(33)34)24-10-4-5-11-26(24)35-19-21-7-2-1-3-8-21/h1-16,18,32H,17,19H2/b27-18-,29-25-,30-28+. The summed E-state index contributed by atoms with van der Waals surface area (Å²) in [5.74, 6) is 1.54. The summed E-state index contributed by atoms with van der Waals surface area (Å²) in [7, 11) is 0. The summed E-state index contributed by atoms with van der Waals surface area (Å²) < 4.78 is 12.3. The van der Waals surface area contributed by atoms with Gasteiger partial charge in [0.2, 0.25) is 0 Å². The zero-order valence-corrected chi connectivity index (χ0v) is 20.4. The van der Waals surface area contributed by atoms with E-state index >= 15 is 0 Å². The number of nitro groups is 1. The third-order valence-corrected chi connectivity index (χ3v) is 6.65. The summed E-state index contributed by atoms with van der Waals surface area (Å²) in [4.78, 5) is 11.7. The van der Waals surface area contributed by atoms with Crippen LogP contribution in [0.3, 0.4) is 0 Å². The first kappa shape index (κ1) is 24.0. The Bertz CT molecular complexity index is 1490. The molecule has 5 rings (SSSR count). The lowest BCUT2D eigenvalue weighted by Gasteiger charge is -2.28. The molecule has 1 N–H and O–H groups in total. The Hall–Kier alpha value is -4.69. The molecule has 8 heteroatoms. The van der Waals surface area contributed by atoms with Crippen LogP contribution in [0.1, 0.15) is 21.6 Å². The molecule has 0 saturated carbocycles. The van der Waals surface area contributed by atoms with Gasteiger partial charge in [-0.15, -0.1) is 11.3 Å². The van der Waals surface area contributed by atoms with Crippen molar-refractivity contribution in [2.75, 3.05) is 0 Å². The average Bonchev–Trinajstić information content (AvgIpc) is 3.43. The highest BCUT2D eigenvalue weighted by molar-refractivity contribution is 7.10. The van der Waals surface area contributed by atoms with E-state index in [-0.39, 0.29) is 5.69 Å². The Balaban J connectivity index is 1.53. The molecule has 1 fully saturated rings. The highest BCUT2D eigenvalue weighted by atomic mass is 32.1. The normalized spacial score (nSPS) is 16.2. The Morgan fingerprint density at radius 3 is 2.43 bits per heavy atom. The van der Waals surface area contributed by atoms with E-state index in [9.17, 15) is 15.3 Å². The van der Waals surface area contributed by atoms with Gasteiger partial charge in [-0.05, 0) is 28.6 Å². The number of rotatable bonds is 8. The lowest BCUT2D eigenvalue weighted by Crippen LogP contribution is -2.25. The SMILES string of the molecule is O=[N+]([O-])c1ccc(C/C(=C2/OC(=C\c3cccs3)/C2=N\O)c2ccccc2OCc2ccccc2)cc1. The molecule has 4 aromatic rings. The zero-order chi connectivity index (χ0) is 25.6. The highest BCUT2D eigenvalue weighted by Crippen LogP contribution is 2.39. The lowest BCUT2D eigenvalue weighted by atomic mass is 9.92. The minimum atomic E-state index is -0.427. The summed E-state index contributed by atoms with van der Waals surface area (Å²) >= 11 is 1.55. The molecule has 0 atom stereocenters. The number of para-hydroxylation sites is 1. The number of hydrogen-bond donors (Lipinski definition) is 1. The second-order valence-corrected chi connectivity index (χ2v) is 9.23. The largest absolute Gasteiger partial charge is 0.488 e. The number of oxime groups is 1. The number of thiophene rings is 1. The molecule has 7 nitrogen and oxygen atoms in total. The van der Waals surface area contributed by atoms with Crippen LogP contribution in [0, 0.1) is 10.1 Å². The van der Waals surface area contributed by atoms with Gasteiger partial charge in [0.05, 0.1) is 4.92 Å². The molecule has 2 heterocycles. The van der Waals surface area contributed by atoms with Crippen molar-refractivity contribution in [1.82, 2.24) is 0 Å². The first-order valence-electron chi connectivity index (χ1n) is 11.5. The molecule has 3 aromatic carbocycles. The predicted molar refractivity (Wildman–Crippen MR) is 144 cm³/mol. The summed E-state index contributed by atoms with van der Waals surface area (Å²) in [6.45, 7) is 0.378. The Kier molecular flexibility index (Phi) is 7.09. The molecule has 1 aliphatic rings. The number of ether oxygens (including phenoxy) is 2. The van der Waals surface area contributed by atoms with Crippen LogP contribution in [-0.2, 0) is 17.8 Å². The number of non-ortho nitro benzene ring substituents is 1. The van der Waals surface area contributed by atoms with Crippen LogP contribution in [0.2, 0.25) is 0 Å². The minimum Gasteiger partial charge on any atom is -0.488 e. The van der Waals surface area contributed by atoms with Crippen LogP contribution >= 0.6 is 11.3 Å². The van der Waals surface area contributed by atoms with Crippen LogP contribution in [0.4, 0.5) is 5.69 Å². The molecule has 1 aromatic heterocycles. The van der Waals surface area contributed by atoms with Gasteiger partial charge in [-0.1, -0.05) is 71.9 Å². The van der Waals surface area contributed by atoms with Crippen molar-refractivity contribution in [3.8, 4) is 5.75 Å². The third-order valence-electron chi connectivity index (χ3n) is 5.83. The Labute approximate surface area is 217 Å². The van der Waals surface area contributed by atoms with Crippen molar-refractivity contribution < 1.29 is 19.6 Å². The van der Waals surface area contributed by atoms with Gasteiger partial charge in [-0.2, -0.15) is 0 Å². The first-order valence-corrected chi connectivity index (χ1v) is 12.4. The summed E-state index contributed by atoms with van der Waals surface area (Å²) in [6, 6.07) is 27.7. The molecule has 37 heavy (non-hydrogen) atoms. The van der Waals surface area contributed by atoms with Gasteiger partial charge < -0.3 is 14.7 Å². The van der Waals surface area contributed by atoms with Gasteiger partial charge in [0.25, 0.3) is 5.69 Å². The smallest absolute Gasteiger partial charge is 0.269 e. The third kappa shape index (κ3) is 5.44. The van der Waals surface area contributed by atoms with E-state index in [1.54, 1.807) is 23.5 Å². The number of nitrogens with zero attached hydrogens (tertiary/aromatic N) is 2. The van der Waals surface area contributed by atoms with E-state index in [2.05, 4.69) is 5.16 Å². The maximum atomic E-state index is 11.1. The van der Waals surface area contributed by atoms with Crippen LogP contribution in [0.25, 0.3) is 11.6 Å². The van der Waals surface area contributed by atoms with Crippen LogP contribution in [-0.4, -0.2) is 15.8 Å².